The van der Waals surface area contributed by atoms with Crippen molar-refractivity contribution >= 4 is 54.2 Å². The van der Waals surface area contributed by atoms with E-state index in [1.54, 1.807) is 12.1 Å². The Labute approximate surface area is 124 Å². The molecule has 20 heavy (non-hydrogen) atoms. The molecule has 1 atom stereocenters. The normalized spacial score (nSPS) is 20.0. The average molecular weight is 332 g/mol. The van der Waals surface area contributed by atoms with E-state index in [1.165, 1.54) is 16.2 Å². The number of hydrogen-bond acceptors (Lipinski definition) is 5. The summed E-state index contributed by atoms with van der Waals surface area (Å²) in [5, 5.41) is 5.26. The van der Waals surface area contributed by atoms with E-state index in [9.17, 15) is 13.2 Å². The van der Waals surface area contributed by atoms with E-state index >= 15 is 0 Å². The quantitative estimate of drug-likeness (QED) is 0.898. The number of carbonyl (C=O) groups is 1. The van der Waals surface area contributed by atoms with Crippen LogP contribution in [0.3, 0.4) is 0 Å². The van der Waals surface area contributed by atoms with Crippen molar-refractivity contribution in [2.24, 2.45) is 5.14 Å². The Balaban J connectivity index is 1.97. The van der Waals surface area contributed by atoms with Crippen LogP contribution in [-0.4, -0.2) is 31.1 Å². The lowest BCUT2D eigenvalue weighted by molar-refractivity contribution is -0.117. The third kappa shape index (κ3) is 2.39. The second kappa shape index (κ2) is 4.66. The van der Waals surface area contributed by atoms with Crippen molar-refractivity contribution in [3.05, 3.63) is 23.2 Å². The monoisotopic (exact) mass is 331 g/mol. The first kappa shape index (κ1) is 13.7. The Bertz CT molecular complexity index is 802. The molecule has 0 saturated carbocycles. The van der Waals surface area contributed by atoms with Gasteiger partial charge in [-0.25, -0.2) is 18.5 Å². The first-order chi connectivity index (χ1) is 9.34. The van der Waals surface area contributed by atoms with Crippen molar-refractivity contribution in [3.8, 4) is 0 Å². The first-order valence-electron chi connectivity index (χ1n) is 5.72. The number of nitrogens with zero attached hydrogens (tertiary/aromatic N) is 2. The second-order valence-corrected chi connectivity index (χ2v) is 7.82. The standard InChI is InChI=1S/C11H10ClN3O3S2/c12-6-1-2-9-8(3-6)14-11(19-9)15-5-7(4-10(15)16)20(13,17)18/h1-3,7H,4-5H2,(H2,13,17,18). The highest BCUT2D eigenvalue weighted by Gasteiger charge is 2.38. The number of carbonyl (C=O) groups excluding carboxylic acids is 1. The predicted molar refractivity (Wildman–Crippen MR) is 78.5 cm³/mol. The fourth-order valence-electron chi connectivity index (χ4n) is 2.08. The van der Waals surface area contributed by atoms with Crippen LogP contribution in [0.4, 0.5) is 5.13 Å². The number of halogens is 1. The number of nitrogens with two attached hydrogens (primary N) is 1. The number of benzene rings is 1. The van der Waals surface area contributed by atoms with Gasteiger partial charge in [-0.1, -0.05) is 22.9 Å². The molecule has 2 aromatic rings. The summed E-state index contributed by atoms with van der Waals surface area (Å²) in [4.78, 5) is 17.6. The fraction of sp³-hybridized carbons (Fsp3) is 0.273. The zero-order valence-corrected chi connectivity index (χ0v) is 12.5. The molecule has 1 aliphatic rings. The van der Waals surface area contributed by atoms with Crippen LogP contribution >= 0.6 is 22.9 Å². The number of amides is 1. The van der Waals surface area contributed by atoms with E-state index in [0.717, 1.165) is 4.70 Å². The Morgan fingerprint density at radius 3 is 2.85 bits per heavy atom. The molecule has 1 amide bonds. The van der Waals surface area contributed by atoms with Gasteiger partial charge in [0.05, 0.1) is 10.2 Å². The van der Waals surface area contributed by atoms with Gasteiger partial charge in [-0.05, 0) is 18.2 Å². The number of sulfonamides is 1. The van der Waals surface area contributed by atoms with Gasteiger partial charge in [-0.15, -0.1) is 0 Å². The number of hydrogen-bond donors (Lipinski definition) is 1. The molecule has 0 spiro atoms. The topological polar surface area (TPSA) is 93.4 Å². The summed E-state index contributed by atoms with van der Waals surface area (Å²) in [6, 6.07) is 5.26. The van der Waals surface area contributed by atoms with Gasteiger partial charge in [0.1, 0.15) is 5.25 Å². The first-order valence-corrected chi connectivity index (χ1v) is 8.53. The zero-order valence-electron chi connectivity index (χ0n) is 10.1. The van der Waals surface area contributed by atoms with E-state index in [2.05, 4.69) is 4.98 Å². The summed E-state index contributed by atoms with van der Waals surface area (Å²) in [5.74, 6) is -0.283. The van der Waals surface area contributed by atoms with Crippen molar-refractivity contribution in [3.63, 3.8) is 0 Å². The van der Waals surface area contributed by atoms with Gasteiger partial charge in [0, 0.05) is 18.0 Å². The number of thiazole rings is 1. The summed E-state index contributed by atoms with van der Waals surface area (Å²) in [6.45, 7) is 0.0468. The van der Waals surface area contributed by atoms with Crippen LogP contribution in [0.2, 0.25) is 5.02 Å². The summed E-state index contributed by atoms with van der Waals surface area (Å²) in [6.07, 6.45) is -0.102. The van der Waals surface area contributed by atoms with Crippen molar-refractivity contribution in [2.75, 3.05) is 11.4 Å². The molecule has 9 heteroatoms. The molecular weight excluding hydrogens is 322 g/mol. The Hall–Kier alpha value is -1.22. The Kier molecular flexibility index (Phi) is 3.20. The van der Waals surface area contributed by atoms with Gasteiger partial charge < -0.3 is 0 Å². The van der Waals surface area contributed by atoms with E-state index in [0.29, 0.717) is 15.7 Å². The molecule has 3 rings (SSSR count). The van der Waals surface area contributed by atoms with Crippen molar-refractivity contribution in [2.45, 2.75) is 11.7 Å². The zero-order chi connectivity index (χ0) is 14.5. The molecule has 1 aliphatic heterocycles. The van der Waals surface area contributed by atoms with Crippen molar-refractivity contribution in [1.82, 2.24) is 4.98 Å². The summed E-state index contributed by atoms with van der Waals surface area (Å²) in [7, 11) is -3.72. The molecular formula is C11H10ClN3O3S2. The average Bonchev–Trinajstić information content (AvgIpc) is 2.90. The minimum Gasteiger partial charge on any atom is -0.287 e. The molecule has 0 aliphatic carbocycles. The summed E-state index contributed by atoms with van der Waals surface area (Å²) >= 11 is 7.21. The van der Waals surface area contributed by atoms with Crippen LogP contribution < -0.4 is 10.0 Å². The lowest BCUT2D eigenvalue weighted by Crippen LogP contribution is -2.32. The van der Waals surface area contributed by atoms with Gasteiger partial charge in [0.25, 0.3) is 0 Å². The number of aromatic nitrogens is 1. The molecule has 106 valence electrons. The molecule has 6 nitrogen and oxygen atoms in total. The van der Waals surface area contributed by atoms with Crippen LogP contribution in [0.5, 0.6) is 0 Å². The van der Waals surface area contributed by atoms with Crippen molar-refractivity contribution < 1.29 is 13.2 Å². The summed E-state index contributed by atoms with van der Waals surface area (Å²) < 4.78 is 23.6. The Morgan fingerprint density at radius 1 is 1.45 bits per heavy atom. The second-order valence-electron chi connectivity index (χ2n) is 4.53. The molecule has 1 aromatic heterocycles. The van der Waals surface area contributed by atoms with Gasteiger partial charge in [-0.3, -0.25) is 9.69 Å². The Morgan fingerprint density at radius 2 is 2.20 bits per heavy atom. The van der Waals surface area contributed by atoms with Gasteiger partial charge in [-0.2, -0.15) is 0 Å². The minimum absolute atomic E-state index is 0.0468. The van der Waals surface area contributed by atoms with Crippen molar-refractivity contribution in [1.29, 1.82) is 0 Å². The largest absolute Gasteiger partial charge is 0.287 e. The van der Waals surface area contributed by atoms with Crippen LogP contribution in [0, 0.1) is 0 Å². The molecule has 2 N–H and O–H groups in total. The third-order valence-electron chi connectivity index (χ3n) is 3.12. The van der Waals surface area contributed by atoms with E-state index in [4.69, 9.17) is 16.7 Å². The smallest absolute Gasteiger partial charge is 0.230 e. The fourth-order valence-corrected chi connectivity index (χ4v) is 3.95. The van der Waals surface area contributed by atoms with Gasteiger partial charge >= 0.3 is 0 Å². The molecule has 1 unspecified atom stereocenters. The highest BCUT2D eigenvalue weighted by molar-refractivity contribution is 7.89. The highest BCUT2D eigenvalue weighted by Crippen LogP contribution is 2.33. The predicted octanol–water partition coefficient (Wildman–Crippen LogP) is 1.34. The molecule has 2 heterocycles. The van der Waals surface area contributed by atoms with Gasteiger partial charge in [0.2, 0.25) is 15.9 Å². The van der Waals surface area contributed by atoms with E-state index in [-0.39, 0.29) is 18.9 Å². The maximum Gasteiger partial charge on any atom is 0.230 e. The number of primary sulfonamides is 1. The van der Waals surface area contributed by atoms with E-state index in [1.807, 2.05) is 6.07 Å². The lowest BCUT2D eigenvalue weighted by Gasteiger charge is -2.11. The maximum absolute atomic E-state index is 11.9. The third-order valence-corrected chi connectivity index (χ3v) is 5.66. The molecule has 1 aromatic carbocycles. The highest BCUT2D eigenvalue weighted by atomic mass is 35.5. The summed E-state index contributed by atoms with van der Waals surface area (Å²) in [5.41, 5.74) is 0.685. The van der Waals surface area contributed by atoms with Crippen LogP contribution in [0.25, 0.3) is 10.2 Å². The van der Waals surface area contributed by atoms with Crippen LogP contribution in [-0.2, 0) is 14.8 Å². The molecule has 1 saturated heterocycles. The molecule has 0 bridgehead atoms. The van der Waals surface area contributed by atoms with E-state index < -0.39 is 15.3 Å². The number of rotatable bonds is 2. The van der Waals surface area contributed by atoms with Gasteiger partial charge in [0.15, 0.2) is 5.13 Å². The maximum atomic E-state index is 11.9. The van der Waals surface area contributed by atoms with Crippen LogP contribution in [0.1, 0.15) is 6.42 Å². The van der Waals surface area contributed by atoms with Crippen LogP contribution in [0.15, 0.2) is 18.2 Å². The number of anilines is 1. The SMILES string of the molecule is NS(=O)(=O)C1CC(=O)N(c2nc3cc(Cl)ccc3s2)C1. The molecule has 0 radical (unpaired) electrons. The number of fused-ring (bicyclic) bond motifs is 1. The minimum atomic E-state index is -3.72. The lowest BCUT2D eigenvalue weighted by atomic mass is 10.3. The molecule has 1 fully saturated rings.